The highest BCUT2D eigenvalue weighted by atomic mass is 16.7. The van der Waals surface area contributed by atoms with Crippen LogP contribution >= 0.6 is 0 Å². The summed E-state index contributed by atoms with van der Waals surface area (Å²) in [6, 6.07) is 10.4. The molecule has 2 aromatic heterocycles. The molecule has 9 heteroatoms. The van der Waals surface area contributed by atoms with Crippen molar-refractivity contribution < 1.29 is 14.2 Å². The molecule has 5 rings (SSSR count). The number of anilines is 2. The van der Waals surface area contributed by atoms with Gasteiger partial charge in [-0.05, 0) is 18.4 Å². The fourth-order valence-electron chi connectivity index (χ4n) is 3.19. The number of aromatic nitrogens is 4. The van der Waals surface area contributed by atoms with Gasteiger partial charge in [-0.15, -0.1) is 0 Å². The average molecular weight is 382 g/mol. The second-order valence-electron chi connectivity index (χ2n) is 7.03. The van der Waals surface area contributed by atoms with Crippen LogP contribution in [-0.2, 0) is 20.8 Å². The van der Waals surface area contributed by atoms with Gasteiger partial charge in [-0.2, -0.15) is 9.97 Å². The molecule has 3 aromatic rings. The number of benzene rings is 1. The third-order valence-electron chi connectivity index (χ3n) is 4.77. The van der Waals surface area contributed by atoms with Gasteiger partial charge in [-0.25, -0.2) is 4.98 Å². The molecule has 0 spiro atoms. The minimum atomic E-state index is -0.436. The lowest BCUT2D eigenvalue weighted by molar-refractivity contribution is -0.117. The van der Waals surface area contributed by atoms with Crippen LogP contribution in [0.5, 0.6) is 0 Å². The van der Waals surface area contributed by atoms with E-state index in [-0.39, 0.29) is 12.2 Å². The maximum Gasteiger partial charge on any atom is 0.224 e. The molecule has 1 saturated carbocycles. The van der Waals surface area contributed by atoms with Gasteiger partial charge in [0.15, 0.2) is 29.5 Å². The van der Waals surface area contributed by atoms with Crippen molar-refractivity contribution in [3.63, 3.8) is 0 Å². The van der Waals surface area contributed by atoms with E-state index in [4.69, 9.17) is 19.9 Å². The topological polar surface area (TPSA) is 109 Å². The fourth-order valence-corrected chi connectivity index (χ4v) is 3.19. The molecule has 1 saturated heterocycles. The van der Waals surface area contributed by atoms with Gasteiger partial charge < -0.3 is 25.3 Å². The van der Waals surface area contributed by atoms with Crippen molar-refractivity contribution in [3.8, 4) is 0 Å². The first-order chi connectivity index (χ1) is 13.8. The SMILES string of the molecule is Nc1nc(NC2CC2)c2ncn(C3CO[C@@H](COCc4ccccc4)O3)c2n1. The van der Waals surface area contributed by atoms with Crippen molar-refractivity contribution in [2.45, 2.75) is 38.0 Å². The van der Waals surface area contributed by atoms with Crippen LogP contribution in [0.2, 0.25) is 0 Å². The minimum absolute atomic E-state index is 0.207. The van der Waals surface area contributed by atoms with Crippen LogP contribution in [0.3, 0.4) is 0 Å². The summed E-state index contributed by atoms with van der Waals surface area (Å²) in [4.78, 5) is 13.1. The van der Waals surface area contributed by atoms with Crippen molar-refractivity contribution in [2.75, 3.05) is 24.3 Å². The maximum atomic E-state index is 5.98. The molecule has 146 valence electrons. The van der Waals surface area contributed by atoms with Crippen LogP contribution in [0.4, 0.5) is 11.8 Å². The molecule has 3 heterocycles. The Morgan fingerprint density at radius 2 is 2.07 bits per heavy atom. The molecule has 1 aliphatic heterocycles. The summed E-state index contributed by atoms with van der Waals surface area (Å²) in [5.74, 6) is 0.879. The van der Waals surface area contributed by atoms with E-state index in [0.717, 1.165) is 18.4 Å². The first kappa shape index (κ1) is 17.4. The standard InChI is InChI=1S/C19H22N6O3/c20-19-23-17(22-13-6-7-13)16-18(24-19)25(11-21-16)14-9-27-15(28-14)10-26-8-12-4-2-1-3-5-12/h1-5,11,13-15H,6-10H2,(H3,20,22,23,24)/t14?,15-/m1/s1. The van der Waals surface area contributed by atoms with E-state index in [1.165, 1.54) is 0 Å². The third-order valence-corrected chi connectivity index (χ3v) is 4.77. The number of nitrogen functional groups attached to an aromatic ring is 1. The number of fused-ring (bicyclic) bond motifs is 1. The van der Waals surface area contributed by atoms with E-state index in [1.807, 2.05) is 34.9 Å². The van der Waals surface area contributed by atoms with Gasteiger partial charge in [0.25, 0.3) is 0 Å². The maximum absolute atomic E-state index is 5.98. The molecule has 2 fully saturated rings. The number of nitrogens with one attached hydrogen (secondary N) is 1. The van der Waals surface area contributed by atoms with Gasteiger partial charge in [0.2, 0.25) is 5.95 Å². The van der Waals surface area contributed by atoms with E-state index in [9.17, 15) is 0 Å². The predicted molar refractivity (Wildman–Crippen MR) is 102 cm³/mol. The molecule has 0 bridgehead atoms. The third kappa shape index (κ3) is 3.64. The van der Waals surface area contributed by atoms with Crippen LogP contribution < -0.4 is 11.1 Å². The zero-order chi connectivity index (χ0) is 18.9. The molecular weight excluding hydrogens is 360 g/mol. The van der Waals surface area contributed by atoms with E-state index in [2.05, 4.69) is 20.3 Å². The molecule has 2 atom stereocenters. The summed E-state index contributed by atoms with van der Waals surface area (Å²) < 4.78 is 19.3. The van der Waals surface area contributed by atoms with Crippen molar-refractivity contribution >= 4 is 22.9 Å². The largest absolute Gasteiger partial charge is 0.371 e. The van der Waals surface area contributed by atoms with Gasteiger partial charge >= 0.3 is 0 Å². The van der Waals surface area contributed by atoms with Crippen molar-refractivity contribution in [1.82, 2.24) is 19.5 Å². The first-order valence-corrected chi connectivity index (χ1v) is 9.41. The molecular formula is C19H22N6O3. The van der Waals surface area contributed by atoms with Crippen LogP contribution in [0.15, 0.2) is 36.7 Å². The van der Waals surface area contributed by atoms with E-state index < -0.39 is 6.29 Å². The smallest absolute Gasteiger partial charge is 0.224 e. The summed E-state index contributed by atoms with van der Waals surface area (Å²) in [6.07, 6.45) is 3.19. The molecule has 1 aromatic carbocycles. The van der Waals surface area contributed by atoms with Crippen LogP contribution in [-0.4, -0.2) is 45.1 Å². The zero-order valence-electron chi connectivity index (χ0n) is 15.3. The number of imidazole rings is 1. The van der Waals surface area contributed by atoms with Crippen molar-refractivity contribution in [2.24, 2.45) is 0 Å². The lowest BCUT2D eigenvalue weighted by Crippen LogP contribution is -2.18. The molecule has 28 heavy (non-hydrogen) atoms. The second-order valence-corrected chi connectivity index (χ2v) is 7.03. The van der Waals surface area contributed by atoms with Crippen molar-refractivity contribution in [1.29, 1.82) is 0 Å². The number of ether oxygens (including phenoxy) is 3. The lowest BCUT2D eigenvalue weighted by Gasteiger charge is -2.13. The summed E-state index contributed by atoms with van der Waals surface area (Å²) in [7, 11) is 0. The summed E-state index contributed by atoms with van der Waals surface area (Å²) >= 11 is 0. The Balaban J connectivity index is 1.25. The summed E-state index contributed by atoms with van der Waals surface area (Å²) in [5, 5.41) is 3.36. The fraction of sp³-hybridized carbons (Fsp3) is 0.421. The van der Waals surface area contributed by atoms with E-state index in [1.54, 1.807) is 6.33 Å². The van der Waals surface area contributed by atoms with E-state index >= 15 is 0 Å². The number of nitrogens with two attached hydrogens (primary N) is 1. The van der Waals surface area contributed by atoms with Gasteiger partial charge in [0, 0.05) is 6.04 Å². The van der Waals surface area contributed by atoms with Crippen LogP contribution in [0.25, 0.3) is 11.2 Å². The summed E-state index contributed by atoms with van der Waals surface area (Å²) in [5.41, 5.74) is 8.33. The van der Waals surface area contributed by atoms with E-state index in [0.29, 0.717) is 42.8 Å². The Labute approximate surface area is 161 Å². The zero-order valence-corrected chi connectivity index (χ0v) is 15.3. The molecule has 2 aliphatic rings. The Morgan fingerprint density at radius 3 is 2.89 bits per heavy atom. The first-order valence-electron chi connectivity index (χ1n) is 9.41. The minimum Gasteiger partial charge on any atom is -0.371 e. The van der Waals surface area contributed by atoms with Gasteiger partial charge in [-0.1, -0.05) is 30.3 Å². The van der Waals surface area contributed by atoms with Crippen molar-refractivity contribution in [3.05, 3.63) is 42.2 Å². The Morgan fingerprint density at radius 1 is 1.21 bits per heavy atom. The number of rotatable bonds is 7. The molecule has 1 aliphatic carbocycles. The number of hydrogen-bond acceptors (Lipinski definition) is 8. The monoisotopic (exact) mass is 382 g/mol. The molecule has 0 radical (unpaired) electrons. The van der Waals surface area contributed by atoms with Crippen LogP contribution in [0.1, 0.15) is 24.6 Å². The molecule has 3 N–H and O–H groups in total. The number of hydrogen-bond donors (Lipinski definition) is 2. The molecule has 9 nitrogen and oxygen atoms in total. The Hall–Kier alpha value is -2.75. The molecule has 1 unspecified atom stereocenters. The highest BCUT2D eigenvalue weighted by molar-refractivity contribution is 5.84. The highest BCUT2D eigenvalue weighted by Crippen LogP contribution is 2.30. The Kier molecular flexibility index (Phi) is 4.55. The Bertz CT molecular complexity index is 959. The normalized spacial score (nSPS) is 22.0. The van der Waals surface area contributed by atoms with Gasteiger partial charge in [0.1, 0.15) is 0 Å². The second kappa shape index (κ2) is 7.34. The number of nitrogens with zero attached hydrogens (tertiary/aromatic N) is 4. The quantitative estimate of drug-likeness (QED) is 0.639. The van der Waals surface area contributed by atoms with Gasteiger partial charge in [-0.3, -0.25) is 4.57 Å². The highest BCUT2D eigenvalue weighted by Gasteiger charge is 2.30. The predicted octanol–water partition coefficient (Wildman–Crippen LogP) is 2.07. The lowest BCUT2D eigenvalue weighted by atomic mass is 10.2. The summed E-state index contributed by atoms with van der Waals surface area (Å²) in [6.45, 7) is 1.26. The van der Waals surface area contributed by atoms with Crippen LogP contribution in [0, 0.1) is 0 Å². The van der Waals surface area contributed by atoms with Gasteiger partial charge in [0.05, 0.1) is 26.1 Å². The average Bonchev–Trinajstić information content (AvgIpc) is 3.22. The molecule has 0 amide bonds.